The fourth-order valence-electron chi connectivity index (χ4n) is 0.225. The van der Waals surface area contributed by atoms with Gasteiger partial charge in [0.2, 0.25) is 0 Å². The maximum atomic E-state index is 5.10. The van der Waals surface area contributed by atoms with Crippen LogP contribution in [0.4, 0.5) is 0 Å². The lowest BCUT2D eigenvalue weighted by molar-refractivity contribution is 1.06. The second-order valence-corrected chi connectivity index (χ2v) is 0.980. The molecule has 4 nitrogen and oxygen atoms in total. The van der Waals surface area contributed by atoms with Crippen molar-refractivity contribution in [1.82, 2.24) is 0 Å². The lowest BCUT2D eigenvalue weighted by atomic mass is 10.6. The van der Waals surface area contributed by atoms with Crippen molar-refractivity contribution >= 4 is 5.84 Å². The lowest BCUT2D eigenvalue weighted by Gasteiger charge is -1.73. The minimum atomic E-state index is 0.472. The van der Waals surface area contributed by atoms with Crippen molar-refractivity contribution < 1.29 is 0 Å². The van der Waals surface area contributed by atoms with E-state index in [0.717, 1.165) is 0 Å². The molecule has 32 valence electrons. The summed E-state index contributed by atoms with van der Waals surface area (Å²) in [5.41, 5.74) is 5.10. The van der Waals surface area contributed by atoms with E-state index >= 15 is 0 Å². The highest BCUT2D eigenvalue weighted by Gasteiger charge is 1.92. The Kier molecular flexibility index (Phi) is 0.567. The normalized spacial score (nSPS) is 18.3. The van der Waals surface area contributed by atoms with Crippen LogP contribution in [0.2, 0.25) is 0 Å². The molecule has 0 aromatic rings. The van der Waals surface area contributed by atoms with E-state index in [0.29, 0.717) is 12.4 Å². The standard InChI is InChI=1S/C2H4N4/c3-2-1-4-6-5-2/h1H2,(H2,3,4,5). The summed E-state index contributed by atoms with van der Waals surface area (Å²) in [4.78, 5) is 0. The van der Waals surface area contributed by atoms with Gasteiger partial charge in [-0.3, -0.25) is 0 Å². The van der Waals surface area contributed by atoms with Gasteiger partial charge in [-0.2, -0.15) is 5.11 Å². The molecule has 0 aromatic carbocycles. The van der Waals surface area contributed by atoms with Gasteiger partial charge in [-0.15, -0.1) is 5.10 Å². The third kappa shape index (κ3) is 0.357. The van der Waals surface area contributed by atoms with Gasteiger partial charge in [-0.25, -0.2) is 0 Å². The van der Waals surface area contributed by atoms with E-state index in [1.54, 1.807) is 0 Å². The first-order chi connectivity index (χ1) is 2.89. The number of hydrogen-bond acceptors (Lipinski definition) is 4. The molecule has 0 unspecified atom stereocenters. The Hall–Kier alpha value is -0.930. The van der Waals surface area contributed by atoms with Gasteiger partial charge in [0.25, 0.3) is 0 Å². The molecule has 0 aromatic heterocycles. The molecule has 0 radical (unpaired) electrons. The molecule has 2 N–H and O–H groups in total. The monoisotopic (exact) mass is 84.0 g/mol. The van der Waals surface area contributed by atoms with E-state index < -0.39 is 0 Å². The molecule has 0 bridgehead atoms. The summed E-state index contributed by atoms with van der Waals surface area (Å²) < 4.78 is 0. The van der Waals surface area contributed by atoms with Gasteiger partial charge in [0.05, 0.1) is 0 Å². The van der Waals surface area contributed by atoms with E-state index in [9.17, 15) is 0 Å². The van der Waals surface area contributed by atoms with Crippen LogP contribution in [0.15, 0.2) is 15.4 Å². The summed E-state index contributed by atoms with van der Waals surface area (Å²) >= 11 is 0. The molecule has 0 fully saturated rings. The molecule has 0 spiro atoms. The summed E-state index contributed by atoms with van der Waals surface area (Å²) in [7, 11) is 0. The van der Waals surface area contributed by atoms with Gasteiger partial charge < -0.3 is 5.73 Å². The zero-order chi connectivity index (χ0) is 4.41. The highest BCUT2D eigenvalue weighted by molar-refractivity contribution is 5.82. The highest BCUT2D eigenvalue weighted by Crippen LogP contribution is 1.85. The smallest absolute Gasteiger partial charge is 0.147 e. The van der Waals surface area contributed by atoms with Crippen molar-refractivity contribution in [1.29, 1.82) is 0 Å². The number of nitrogens with zero attached hydrogens (tertiary/aromatic N) is 3. The minimum Gasteiger partial charge on any atom is -0.384 e. The fraction of sp³-hybridized carbons (Fsp3) is 0.500. The van der Waals surface area contributed by atoms with E-state index in [2.05, 4.69) is 15.4 Å². The maximum Gasteiger partial charge on any atom is 0.147 e. The van der Waals surface area contributed by atoms with Crippen LogP contribution >= 0.6 is 0 Å². The maximum absolute atomic E-state index is 5.10. The number of nitrogens with two attached hydrogens (primary N) is 1. The summed E-state index contributed by atoms with van der Waals surface area (Å²) in [6, 6.07) is 0. The van der Waals surface area contributed by atoms with Gasteiger partial charge in [0.1, 0.15) is 12.4 Å². The molecule has 6 heavy (non-hydrogen) atoms. The van der Waals surface area contributed by atoms with Crippen molar-refractivity contribution in [3.05, 3.63) is 0 Å². The topological polar surface area (TPSA) is 63.1 Å². The first kappa shape index (κ1) is 3.27. The molecular weight excluding hydrogens is 80.0 g/mol. The van der Waals surface area contributed by atoms with Crippen LogP contribution in [-0.2, 0) is 0 Å². The van der Waals surface area contributed by atoms with E-state index in [-0.39, 0.29) is 0 Å². The van der Waals surface area contributed by atoms with Crippen molar-refractivity contribution in [2.24, 2.45) is 21.2 Å². The molecule has 0 atom stereocenters. The van der Waals surface area contributed by atoms with Crippen molar-refractivity contribution in [2.45, 2.75) is 0 Å². The average Bonchev–Trinajstić information content (AvgIpc) is 1.86. The van der Waals surface area contributed by atoms with Crippen molar-refractivity contribution in [3.8, 4) is 0 Å². The Morgan fingerprint density at radius 2 is 2.50 bits per heavy atom. The molecule has 1 aliphatic heterocycles. The Balaban J connectivity index is 2.61. The Morgan fingerprint density at radius 1 is 1.67 bits per heavy atom. The second kappa shape index (κ2) is 1.04. The zero-order valence-corrected chi connectivity index (χ0v) is 3.13. The third-order valence-corrected chi connectivity index (χ3v) is 0.469. The number of hydrogen-bond donors (Lipinski definition) is 1. The van der Waals surface area contributed by atoms with E-state index in [4.69, 9.17) is 5.73 Å². The molecule has 1 aliphatic rings. The number of rotatable bonds is 0. The molecule has 1 heterocycles. The first-order valence-corrected chi connectivity index (χ1v) is 1.58. The fourth-order valence-corrected chi connectivity index (χ4v) is 0.225. The van der Waals surface area contributed by atoms with Crippen LogP contribution in [0.1, 0.15) is 0 Å². The van der Waals surface area contributed by atoms with Gasteiger partial charge in [-0.05, 0) is 5.22 Å². The van der Waals surface area contributed by atoms with Crippen LogP contribution in [0, 0.1) is 0 Å². The molecule has 1 rings (SSSR count). The molecule has 0 aliphatic carbocycles. The molecule has 0 amide bonds. The SMILES string of the molecule is NC1=NN=NC1. The first-order valence-electron chi connectivity index (χ1n) is 1.58. The Labute approximate surface area is 34.8 Å². The molecule has 4 heteroatoms. The summed E-state index contributed by atoms with van der Waals surface area (Å²) in [6.45, 7) is 0.472. The van der Waals surface area contributed by atoms with Gasteiger partial charge in [-0.1, -0.05) is 0 Å². The molecule has 0 saturated carbocycles. The molecular formula is C2H4N4. The van der Waals surface area contributed by atoms with Crippen LogP contribution in [0.5, 0.6) is 0 Å². The highest BCUT2D eigenvalue weighted by atomic mass is 15.4. The lowest BCUT2D eigenvalue weighted by Crippen LogP contribution is -2.10. The Bertz CT molecular complexity index is 102. The van der Waals surface area contributed by atoms with Crippen LogP contribution in [0.25, 0.3) is 0 Å². The predicted molar refractivity (Wildman–Crippen MR) is 21.3 cm³/mol. The largest absolute Gasteiger partial charge is 0.384 e. The summed E-state index contributed by atoms with van der Waals surface area (Å²) in [6.07, 6.45) is 0. The predicted octanol–water partition coefficient (Wildman–Crippen LogP) is -0.276. The van der Waals surface area contributed by atoms with Crippen LogP contribution in [-0.4, -0.2) is 12.4 Å². The van der Waals surface area contributed by atoms with Crippen molar-refractivity contribution in [2.75, 3.05) is 6.54 Å². The molecule has 0 saturated heterocycles. The summed E-state index contributed by atoms with van der Waals surface area (Å²) in [5.74, 6) is 0.495. The zero-order valence-electron chi connectivity index (χ0n) is 3.13. The van der Waals surface area contributed by atoms with Gasteiger partial charge >= 0.3 is 0 Å². The van der Waals surface area contributed by atoms with Crippen LogP contribution in [0.3, 0.4) is 0 Å². The minimum absolute atomic E-state index is 0.472. The van der Waals surface area contributed by atoms with E-state index in [1.165, 1.54) is 0 Å². The van der Waals surface area contributed by atoms with Gasteiger partial charge in [0.15, 0.2) is 0 Å². The van der Waals surface area contributed by atoms with Crippen LogP contribution < -0.4 is 5.73 Å². The quantitative estimate of drug-likeness (QED) is 0.431. The van der Waals surface area contributed by atoms with Crippen molar-refractivity contribution in [3.63, 3.8) is 0 Å². The third-order valence-electron chi connectivity index (χ3n) is 0.469. The van der Waals surface area contributed by atoms with Gasteiger partial charge in [0, 0.05) is 0 Å². The summed E-state index contributed by atoms with van der Waals surface area (Å²) in [5, 5.41) is 10.1. The number of amidine groups is 1. The van der Waals surface area contributed by atoms with E-state index in [1.807, 2.05) is 0 Å². The average molecular weight is 84.1 g/mol. The second-order valence-electron chi connectivity index (χ2n) is 0.980. The Morgan fingerprint density at radius 3 is 2.67 bits per heavy atom.